The summed E-state index contributed by atoms with van der Waals surface area (Å²) in [4.78, 5) is 0. The van der Waals surface area contributed by atoms with E-state index in [2.05, 4.69) is 0 Å². The Kier molecular flexibility index (Phi) is 5.85. The van der Waals surface area contributed by atoms with Crippen LogP contribution in [0, 0.1) is 58.2 Å². The molecule has 0 fully saturated rings. The molecule has 0 radical (unpaired) electrons. The summed E-state index contributed by atoms with van der Waals surface area (Å²) in [5, 5.41) is -4.76. The van der Waals surface area contributed by atoms with Gasteiger partial charge < -0.3 is 4.74 Å². The lowest BCUT2D eigenvalue weighted by molar-refractivity contribution is 0.387. The van der Waals surface area contributed by atoms with E-state index in [-0.39, 0.29) is 6.07 Å². The number of hydrogen-bond donors (Lipinski definition) is 0. The normalized spacial score (nSPS) is 11.8. The first-order chi connectivity index (χ1) is 16.3. The SMILES string of the molecule is COc1c(F)cc2c(F)c(F)c(F)c(F)c2c1-c1c(C(C)C)c(F)cc2c(F)c(F)c(F)c(F)c12. The van der Waals surface area contributed by atoms with Crippen molar-refractivity contribution in [2.75, 3.05) is 7.11 Å². The van der Waals surface area contributed by atoms with Crippen molar-refractivity contribution in [3.63, 3.8) is 0 Å². The Hall–Kier alpha value is -3.50. The molecule has 35 heavy (non-hydrogen) atoms. The van der Waals surface area contributed by atoms with Crippen molar-refractivity contribution >= 4 is 21.5 Å². The molecule has 4 rings (SSSR count). The van der Waals surface area contributed by atoms with Gasteiger partial charge in [0.05, 0.1) is 7.11 Å². The summed E-state index contributed by atoms with van der Waals surface area (Å²) in [5.41, 5.74) is -2.62. The molecule has 0 unspecified atom stereocenters. The summed E-state index contributed by atoms with van der Waals surface area (Å²) in [5.74, 6) is -22.4. The number of fused-ring (bicyclic) bond motifs is 2. The first-order valence-electron chi connectivity index (χ1n) is 9.85. The number of ether oxygens (including phenoxy) is 1. The molecule has 0 aliphatic carbocycles. The number of halogens is 10. The van der Waals surface area contributed by atoms with Crippen molar-refractivity contribution in [2.45, 2.75) is 19.8 Å². The molecule has 0 saturated carbocycles. The molecule has 0 spiro atoms. The van der Waals surface area contributed by atoms with Gasteiger partial charge in [-0.1, -0.05) is 13.8 Å². The summed E-state index contributed by atoms with van der Waals surface area (Å²) < 4.78 is 151. The molecule has 4 aromatic rings. The van der Waals surface area contributed by atoms with E-state index in [4.69, 9.17) is 4.74 Å². The van der Waals surface area contributed by atoms with E-state index in [1.807, 2.05) is 0 Å². The number of benzene rings is 4. The van der Waals surface area contributed by atoms with Gasteiger partial charge in [0, 0.05) is 32.7 Å². The number of rotatable bonds is 3. The van der Waals surface area contributed by atoms with Crippen molar-refractivity contribution in [1.82, 2.24) is 0 Å². The maximum absolute atomic E-state index is 15.2. The molecule has 0 aliphatic heterocycles. The Morgan fingerprint density at radius 2 is 0.943 bits per heavy atom. The molecule has 0 atom stereocenters. The zero-order valence-electron chi connectivity index (χ0n) is 17.9. The van der Waals surface area contributed by atoms with Crippen molar-refractivity contribution < 1.29 is 48.6 Å². The lowest BCUT2D eigenvalue weighted by Crippen LogP contribution is -2.08. The Labute approximate surface area is 190 Å². The van der Waals surface area contributed by atoms with E-state index in [9.17, 15) is 30.7 Å². The van der Waals surface area contributed by atoms with Crippen molar-refractivity contribution in [3.05, 3.63) is 75.9 Å². The summed E-state index contributed by atoms with van der Waals surface area (Å²) in [6, 6.07) is 0.604. The fourth-order valence-electron chi connectivity index (χ4n) is 4.20. The smallest absolute Gasteiger partial charge is 0.198 e. The van der Waals surface area contributed by atoms with Crippen LogP contribution in [0.3, 0.4) is 0 Å². The number of methoxy groups -OCH3 is 1. The Bertz CT molecular complexity index is 1560. The molecule has 0 aliphatic rings. The van der Waals surface area contributed by atoms with E-state index in [0.717, 1.165) is 7.11 Å². The van der Waals surface area contributed by atoms with Crippen LogP contribution in [-0.2, 0) is 0 Å². The maximum atomic E-state index is 15.2. The molecular formula is C24H12F10O. The van der Waals surface area contributed by atoms with Gasteiger partial charge in [-0.05, 0) is 23.6 Å². The molecule has 184 valence electrons. The van der Waals surface area contributed by atoms with E-state index >= 15 is 13.2 Å². The van der Waals surface area contributed by atoms with Gasteiger partial charge in [0.25, 0.3) is 0 Å². The molecule has 0 aromatic heterocycles. The third-order valence-electron chi connectivity index (χ3n) is 5.65. The van der Waals surface area contributed by atoms with Gasteiger partial charge in [0.1, 0.15) is 5.82 Å². The molecule has 11 heteroatoms. The first kappa shape index (κ1) is 24.6. The van der Waals surface area contributed by atoms with E-state index in [0.29, 0.717) is 6.07 Å². The largest absolute Gasteiger partial charge is 0.493 e. The van der Waals surface area contributed by atoms with Crippen LogP contribution in [-0.4, -0.2) is 7.11 Å². The highest BCUT2D eigenvalue weighted by molar-refractivity contribution is 6.10. The quantitative estimate of drug-likeness (QED) is 0.155. The molecule has 4 aromatic carbocycles. The van der Waals surface area contributed by atoms with Crippen LogP contribution in [0.2, 0.25) is 0 Å². The van der Waals surface area contributed by atoms with Gasteiger partial charge in [-0.3, -0.25) is 0 Å². The van der Waals surface area contributed by atoms with Gasteiger partial charge in [-0.25, -0.2) is 43.9 Å². The molecule has 0 saturated heterocycles. The summed E-state index contributed by atoms with van der Waals surface area (Å²) in [7, 11) is 0.815. The summed E-state index contributed by atoms with van der Waals surface area (Å²) in [6.45, 7) is 2.63. The predicted octanol–water partition coefficient (Wildman–Crippen LogP) is 8.18. The second-order valence-corrected chi connectivity index (χ2v) is 7.93. The molecule has 0 amide bonds. The first-order valence-corrected chi connectivity index (χ1v) is 9.85. The van der Waals surface area contributed by atoms with Crippen LogP contribution < -0.4 is 4.74 Å². The average molecular weight is 506 g/mol. The minimum absolute atomic E-state index is 0.256. The summed E-state index contributed by atoms with van der Waals surface area (Å²) in [6.07, 6.45) is 0. The van der Waals surface area contributed by atoms with E-state index in [1.165, 1.54) is 13.8 Å². The van der Waals surface area contributed by atoms with E-state index in [1.54, 1.807) is 0 Å². The molecule has 0 bridgehead atoms. The van der Waals surface area contributed by atoms with Crippen LogP contribution >= 0.6 is 0 Å². The minimum Gasteiger partial charge on any atom is -0.493 e. The zero-order valence-corrected chi connectivity index (χ0v) is 17.9. The monoisotopic (exact) mass is 506 g/mol. The van der Waals surface area contributed by atoms with Gasteiger partial charge in [-0.15, -0.1) is 0 Å². The summed E-state index contributed by atoms with van der Waals surface area (Å²) >= 11 is 0. The van der Waals surface area contributed by atoms with Gasteiger partial charge in [-0.2, -0.15) is 0 Å². The number of hydrogen-bond acceptors (Lipinski definition) is 1. The molecular weight excluding hydrogens is 494 g/mol. The van der Waals surface area contributed by atoms with Crippen LogP contribution in [0.1, 0.15) is 25.3 Å². The highest BCUT2D eigenvalue weighted by Gasteiger charge is 2.33. The molecule has 1 nitrogen and oxygen atoms in total. The Morgan fingerprint density at radius 3 is 1.37 bits per heavy atom. The topological polar surface area (TPSA) is 9.23 Å². The Balaban J connectivity index is 2.47. The van der Waals surface area contributed by atoms with Crippen LogP contribution in [0.4, 0.5) is 43.9 Å². The average Bonchev–Trinajstić information content (AvgIpc) is 2.81. The van der Waals surface area contributed by atoms with Crippen LogP contribution in [0.15, 0.2) is 12.1 Å². The zero-order chi connectivity index (χ0) is 26.1. The Morgan fingerprint density at radius 1 is 0.543 bits per heavy atom. The van der Waals surface area contributed by atoms with Crippen LogP contribution in [0.25, 0.3) is 32.7 Å². The second kappa shape index (κ2) is 8.31. The van der Waals surface area contributed by atoms with Crippen LogP contribution in [0.5, 0.6) is 5.75 Å². The van der Waals surface area contributed by atoms with Crippen molar-refractivity contribution in [3.8, 4) is 16.9 Å². The fraction of sp³-hybridized carbons (Fsp3) is 0.167. The van der Waals surface area contributed by atoms with Crippen molar-refractivity contribution in [1.29, 1.82) is 0 Å². The van der Waals surface area contributed by atoms with Gasteiger partial charge in [0.2, 0.25) is 0 Å². The van der Waals surface area contributed by atoms with E-state index < -0.39 is 108 Å². The highest BCUT2D eigenvalue weighted by atomic mass is 19.2. The van der Waals surface area contributed by atoms with Gasteiger partial charge in [0.15, 0.2) is 58.1 Å². The molecule has 0 N–H and O–H groups in total. The van der Waals surface area contributed by atoms with Crippen molar-refractivity contribution in [2.24, 2.45) is 0 Å². The highest BCUT2D eigenvalue weighted by Crippen LogP contribution is 2.49. The minimum atomic E-state index is -2.35. The lowest BCUT2D eigenvalue weighted by atomic mass is 9.84. The third-order valence-corrected chi connectivity index (χ3v) is 5.65. The van der Waals surface area contributed by atoms with Gasteiger partial charge >= 0.3 is 0 Å². The fourth-order valence-corrected chi connectivity index (χ4v) is 4.20. The lowest BCUT2D eigenvalue weighted by Gasteiger charge is -2.22. The second-order valence-electron chi connectivity index (χ2n) is 7.93. The third kappa shape index (κ3) is 3.31. The standard InChI is InChI=1S/C24H12F10O/c1-6(2)11-9(25)4-7-12(18(29)22(33)20(31)16(7)27)14(11)15-13-8(5-10(26)24(15)35-3)17(28)21(32)23(34)19(13)30/h4-6H,1-3H3. The predicted molar refractivity (Wildman–Crippen MR) is 107 cm³/mol. The maximum Gasteiger partial charge on any atom is 0.198 e. The molecule has 0 heterocycles.